The molecule has 11 heteroatoms. The van der Waals surface area contributed by atoms with Gasteiger partial charge >= 0.3 is 5.69 Å². The van der Waals surface area contributed by atoms with Crippen LogP contribution in [0.25, 0.3) is 0 Å². The first-order chi connectivity index (χ1) is 10.2. The summed E-state index contributed by atoms with van der Waals surface area (Å²) in [6.07, 6.45) is 4.21. The fourth-order valence-corrected chi connectivity index (χ4v) is 2.62. The first-order valence-electron chi connectivity index (χ1n) is 5.95. The molecule has 0 aromatic carbocycles. The van der Waals surface area contributed by atoms with Gasteiger partial charge in [-0.1, -0.05) is 0 Å². The fourth-order valence-electron chi connectivity index (χ4n) is 1.46. The van der Waals surface area contributed by atoms with E-state index in [4.69, 9.17) is 0 Å². The molecular formula is C11H13FN6O3S. The van der Waals surface area contributed by atoms with Gasteiger partial charge in [-0.3, -0.25) is 0 Å². The highest BCUT2D eigenvalue weighted by Gasteiger charge is 2.23. The van der Waals surface area contributed by atoms with Crippen LogP contribution >= 0.6 is 0 Å². The average molecular weight is 328 g/mol. The Balaban J connectivity index is 2.54. The molecule has 0 saturated carbocycles. The molecule has 9 nitrogen and oxygen atoms in total. The van der Waals surface area contributed by atoms with Crippen molar-refractivity contribution >= 4 is 22.2 Å². The largest absolute Gasteiger partial charge is 0.369 e. The van der Waals surface area contributed by atoms with Crippen molar-refractivity contribution in [3.63, 3.8) is 0 Å². The van der Waals surface area contributed by atoms with Gasteiger partial charge in [-0.15, -0.1) is 0 Å². The van der Waals surface area contributed by atoms with Gasteiger partial charge in [0, 0.05) is 27.3 Å². The quantitative estimate of drug-likeness (QED) is 0.558. The van der Waals surface area contributed by atoms with Gasteiger partial charge in [0.15, 0.2) is 16.7 Å². The molecule has 0 spiro atoms. The Morgan fingerprint density at radius 2 is 2.05 bits per heavy atom. The van der Waals surface area contributed by atoms with Crippen LogP contribution in [0.15, 0.2) is 33.5 Å². The Bertz CT molecular complexity index is 883. The molecular weight excluding hydrogens is 315 g/mol. The predicted octanol–water partition coefficient (Wildman–Crippen LogP) is -0.426. The molecule has 2 heterocycles. The van der Waals surface area contributed by atoms with Gasteiger partial charge in [-0.2, -0.15) is 17.4 Å². The van der Waals surface area contributed by atoms with Gasteiger partial charge in [0.05, 0.1) is 18.9 Å². The van der Waals surface area contributed by atoms with Gasteiger partial charge in [0.1, 0.15) is 0 Å². The van der Waals surface area contributed by atoms with E-state index in [2.05, 4.69) is 15.0 Å². The van der Waals surface area contributed by atoms with Crippen molar-refractivity contribution in [1.29, 1.82) is 0 Å². The minimum Gasteiger partial charge on any atom is -0.369 e. The molecule has 2 rings (SSSR count). The fraction of sp³-hybridized carbons (Fsp3) is 0.273. The summed E-state index contributed by atoms with van der Waals surface area (Å²) in [6, 6.07) is 0. The monoisotopic (exact) mass is 328 g/mol. The van der Waals surface area contributed by atoms with Crippen LogP contribution in [-0.4, -0.2) is 52.3 Å². The number of hydrogen-bond acceptors (Lipinski definition) is 6. The van der Waals surface area contributed by atoms with Crippen LogP contribution in [0.5, 0.6) is 0 Å². The zero-order valence-electron chi connectivity index (χ0n) is 12.0. The van der Waals surface area contributed by atoms with Crippen LogP contribution in [0.2, 0.25) is 0 Å². The van der Waals surface area contributed by atoms with Crippen LogP contribution in [0.1, 0.15) is 0 Å². The number of aryl methyl sites for hydroxylation is 1. The van der Waals surface area contributed by atoms with E-state index >= 15 is 0 Å². The Morgan fingerprint density at radius 1 is 1.36 bits per heavy atom. The van der Waals surface area contributed by atoms with Crippen molar-refractivity contribution < 1.29 is 12.8 Å². The zero-order valence-corrected chi connectivity index (χ0v) is 12.8. The first kappa shape index (κ1) is 15.8. The predicted molar refractivity (Wildman–Crippen MR) is 76.1 cm³/mol. The molecule has 0 aliphatic heterocycles. The van der Waals surface area contributed by atoms with E-state index in [1.807, 2.05) is 0 Å². The Morgan fingerprint density at radius 3 is 2.59 bits per heavy atom. The molecule has 0 aliphatic rings. The van der Waals surface area contributed by atoms with E-state index < -0.39 is 27.3 Å². The molecule has 0 fully saturated rings. The van der Waals surface area contributed by atoms with Gasteiger partial charge in [-0.05, 0) is 0 Å². The second kappa shape index (κ2) is 5.67. The minimum absolute atomic E-state index is 0.194. The van der Waals surface area contributed by atoms with E-state index in [0.717, 1.165) is 0 Å². The number of halogens is 1. The third kappa shape index (κ3) is 3.03. The molecule has 0 saturated heterocycles. The first-order valence-corrected chi connectivity index (χ1v) is 7.39. The summed E-state index contributed by atoms with van der Waals surface area (Å²) in [6.45, 7) is 0. The SMILES string of the molecule is CN(C)/C=N/c1nc(=O)n(S(=O)(=O)c2cn(C)cn2)cc1F. The Kier molecular flexibility index (Phi) is 4.08. The standard InChI is InChI=1S/C11H13FN6O3S/c1-16(2)6-14-10-8(12)4-18(11(19)15-10)22(20,21)9-5-17(3)7-13-9/h4-7H,1-3H3/b14-6+. The molecule has 0 N–H and O–H groups in total. The number of hydrogen-bond donors (Lipinski definition) is 0. The van der Waals surface area contributed by atoms with Gasteiger partial charge in [0.2, 0.25) is 0 Å². The van der Waals surface area contributed by atoms with Crippen molar-refractivity contribution in [2.45, 2.75) is 5.03 Å². The minimum atomic E-state index is -4.31. The van der Waals surface area contributed by atoms with Crippen LogP contribution in [0.4, 0.5) is 10.2 Å². The maximum absolute atomic E-state index is 13.9. The molecule has 0 atom stereocenters. The second-order valence-electron chi connectivity index (χ2n) is 4.58. The lowest BCUT2D eigenvalue weighted by Crippen LogP contribution is -2.29. The summed E-state index contributed by atoms with van der Waals surface area (Å²) in [5.41, 5.74) is -1.17. The Hall–Kier alpha value is -2.56. The van der Waals surface area contributed by atoms with E-state index in [1.165, 1.54) is 28.3 Å². The molecule has 0 radical (unpaired) electrons. The summed E-state index contributed by atoms with van der Waals surface area (Å²) in [7, 11) is 0.544. The average Bonchev–Trinajstić information content (AvgIpc) is 2.86. The molecule has 2 aromatic heterocycles. The lowest BCUT2D eigenvalue weighted by atomic mass is 10.6. The van der Waals surface area contributed by atoms with E-state index in [1.54, 1.807) is 21.1 Å². The van der Waals surface area contributed by atoms with Crippen LogP contribution in [0.3, 0.4) is 0 Å². The summed E-state index contributed by atoms with van der Waals surface area (Å²) in [4.78, 5) is 24.0. The maximum Gasteiger partial charge on any atom is 0.363 e. The molecule has 118 valence electrons. The van der Waals surface area contributed by atoms with E-state index in [0.29, 0.717) is 6.20 Å². The summed E-state index contributed by atoms with van der Waals surface area (Å²) < 4.78 is 39.9. The highest BCUT2D eigenvalue weighted by molar-refractivity contribution is 7.89. The van der Waals surface area contributed by atoms with Crippen LogP contribution < -0.4 is 5.69 Å². The topological polar surface area (TPSA) is 102 Å². The molecule has 0 unspecified atom stereocenters. The number of aliphatic imine (C=N–C) groups is 1. The Labute approximate surface area is 125 Å². The smallest absolute Gasteiger partial charge is 0.363 e. The highest BCUT2D eigenvalue weighted by Crippen LogP contribution is 2.14. The number of aromatic nitrogens is 4. The normalized spacial score (nSPS) is 12.0. The second-order valence-corrected chi connectivity index (χ2v) is 6.34. The summed E-state index contributed by atoms with van der Waals surface area (Å²) in [5, 5.41) is -0.386. The molecule has 0 amide bonds. The molecule has 2 aromatic rings. The number of imidazole rings is 1. The lowest BCUT2D eigenvalue weighted by molar-refractivity contribution is 0.568. The number of nitrogens with zero attached hydrogens (tertiary/aromatic N) is 6. The lowest BCUT2D eigenvalue weighted by Gasteiger charge is -2.06. The van der Waals surface area contributed by atoms with E-state index in [9.17, 15) is 17.6 Å². The van der Waals surface area contributed by atoms with Crippen molar-refractivity contribution in [1.82, 2.24) is 23.4 Å². The van der Waals surface area contributed by atoms with Crippen LogP contribution in [-0.2, 0) is 17.1 Å². The highest BCUT2D eigenvalue weighted by atomic mass is 32.2. The van der Waals surface area contributed by atoms with Crippen molar-refractivity contribution in [2.75, 3.05) is 14.1 Å². The molecule has 0 bridgehead atoms. The van der Waals surface area contributed by atoms with Crippen molar-refractivity contribution in [2.24, 2.45) is 12.0 Å². The van der Waals surface area contributed by atoms with Crippen molar-refractivity contribution in [3.05, 3.63) is 35.0 Å². The third-order valence-corrected chi connectivity index (χ3v) is 3.97. The maximum atomic E-state index is 13.9. The molecule has 0 aliphatic carbocycles. The summed E-state index contributed by atoms with van der Waals surface area (Å²) >= 11 is 0. The van der Waals surface area contributed by atoms with Gasteiger partial charge in [-0.25, -0.2) is 19.2 Å². The summed E-state index contributed by atoms with van der Waals surface area (Å²) in [5.74, 6) is -1.54. The van der Waals surface area contributed by atoms with Crippen molar-refractivity contribution in [3.8, 4) is 0 Å². The number of rotatable bonds is 4. The molecule has 22 heavy (non-hydrogen) atoms. The van der Waals surface area contributed by atoms with Crippen LogP contribution in [0, 0.1) is 5.82 Å². The van der Waals surface area contributed by atoms with Gasteiger partial charge < -0.3 is 9.47 Å². The zero-order chi connectivity index (χ0) is 16.5. The van der Waals surface area contributed by atoms with E-state index in [-0.39, 0.29) is 9.00 Å². The third-order valence-electron chi connectivity index (χ3n) is 2.45. The van der Waals surface area contributed by atoms with Gasteiger partial charge in [0.25, 0.3) is 10.0 Å².